The summed E-state index contributed by atoms with van der Waals surface area (Å²) in [5, 5.41) is 22.2. The number of phenolic OH excluding ortho intramolecular Hbond substituents is 1. The van der Waals surface area contributed by atoms with E-state index in [4.69, 9.17) is 4.74 Å². The fourth-order valence-electron chi connectivity index (χ4n) is 3.31. The first-order valence-corrected chi connectivity index (χ1v) is 10.8. The minimum Gasteiger partial charge on any atom is -0.507 e. The number of benzene rings is 1. The van der Waals surface area contributed by atoms with E-state index in [0.717, 1.165) is 23.1 Å². The second-order valence-electron chi connectivity index (χ2n) is 10.6. The predicted octanol–water partition coefficient (Wildman–Crippen LogP) is 5.69. The second kappa shape index (κ2) is 9.80. The quantitative estimate of drug-likeness (QED) is 0.314. The minimum absolute atomic E-state index is 0.138. The zero-order chi connectivity index (χ0) is 23.3. The third-order valence-electron chi connectivity index (χ3n) is 5.46. The molecule has 0 fully saturated rings. The molecule has 1 rings (SSSR count). The monoisotopic (exact) mass is 421 g/mol. The predicted molar refractivity (Wildman–Crippen MR) is 120 cm³/mol. The van der Waals surface area contributed by atoms with Crippen LogP contribution in [0.3, 0.4) is 0 Å². The molecule has 0 aliphatic carbocycles. The number of hydrogen-bond acceptors (Lipinski definition) is 5. The molecule has 0 spiro atoms. The Kier molecular flexibility index (Phi) is 8.47. The summed E-state index contributed by atoms with van der Waals surface area (Å²) in [5.41, 5.74) is 0.907. The second-order valence-corrected chi connectivity index (χ2v) is 10.6. The van der Waals surface area contributed by atoms with Gasteiger partial charge in [0.2, 0.25) is 0 Å². The standard InChI is InChI=1S/C24H39NO5/c1-9-10-13-24(8,25(28)29)16-30-20(26)12-11-17-14-18(22(2,3)4)21(27)19(15-17)23(5,6)7/h14-15,27H,9-13,16H2,1-8H3. The van der Waals surface area contributed by atoms with E-state index >= 15 is 0 Å². The lowest BCUT2D eigenvalue weighted by atomic mass is 9.78. The largest absolute Gasteiger partial charge is 0.507 e. The molecule has 0 saturated carbocycles. The molecule has 6 nitrogen and oxygen atoms in total. The van der Waals surface area contributed by atoms with Gasteiger partial charge >= 0.3 is 5.97 Å². The van der Waals surface area contributed by atoms with Crippen LogP contribution in [0.1, 0.15) is 97.8 Å². The smallest absolute Gasteiger partial charge is 0.306 e. The van der Waals surface area contributed by atoms with E-state index in [-0.39, 0.29) is 28.8 Å². The van der Waals surface area contributed by atoms with Crippen LogP contribution in [0.5, 0.6) is 5.75 Å². The highest BCUT2D eigenvalue weighted by Crippen LogP contribution is 2.40. The highest BCUT2D eigenvalue weighted by molar-refractivity contribution is 5.70. The molecule has 1 N–H and O–H groups in total. The average molecular weight is 422 g/mol. The normalized spacial score (nSPS) is 14.3. The van der Waals surface area contributed by atoms with Gasteiger partial charge < -0.3 is 9.84 Å². The summed E-state index contributed by atoms with van der Waals surface area (Å²) in [7, 11) is 0. The number of nitro groups is 1. The molecule has 0 bridgehead atoms. The Bertz CT molecular complexity index is 723. The van der Waals surface area contributed by atoms with Crippen LogP contribution in [0.4, 0.5) is 0 Å². The molecule has 6 heteroatoms. The number of carbonyl (C=O) groups excluding carboxylic acids is 1. The molecule has 170 valence electrons. The van der Waals surface area contributed by atoms with E-state index < -0.39 is 11.5 Å². The van der Waals surface area contributed by atoms with Gasteiger partial charge in [0.15, 0.2) is 6.61 Å². The number of nitrogens with zero attached hydrogens (tertiary/aromatic N) is 1. The van der Waals surface area contributed by atoms with Crippen LogP contribution in [0.15, 0.2) is 12.1 Å². The molecule has 1 atom stereocenters. The van der Waals surface area contributed by atoms with Gasteiger partial charge in [-0.3, -0.25) is 14.9 Å². The van der Waals surface area contributed by atoms with Crippen LogP contribution < -0.4 is 0 Å². The van der Waals surface area contributed by atoms with Crippen molar-refractivity contribution in [2.75, 3.05) is 6.61 Å². The van der Waals surface area contributed by atoms with Crippen molar-refractivity contribution in [1.82, 2.24) is 0 Å². The maximum atomic E-state index is 12.3. The summed E-state index contributed by atoms with van der Waals surface area (Å²) in [6.07, 6.45) is 2.54. The molecule has 1 unspecified atom stereocenters. The Morgan fingerprint density at radius 3 is 1.97 bits per heavy atom. The number of aryl methyl sites for hydroxylation is 1. The number of carbonyl (C=O) groups is 1. The van der Waals surface area contributed by atoms with Gasteiger partial charge in [0.25, 0.3) is 5.54 Å². The van der Waals surface area contributed by atoms with Crippen LogP contribution in [-0.2, 0) is 26.8 Å². The molecule has 0 amide bonds. The molecule has 0 saturated heterocycles. The summed E-state index contributed by atoms with van der Waals surface area (Å²) in [6.45, 7) is 15.5. The van der Waals surface area contributed by atoms with Crippen molar-refractivity contribution in [2.45, 2.75) is 104 Å². The molecular weight excluding hydrogens is 382 g/mol. The zero-order valence-corrected chi connectivity index (χ0v) is 19.9. The number of aromatic hydroxyl groups is 1. The van der Waals surface area contributed by atoms with Gasteiger partial charge in [-0.2, -0.15) is 0 Å². The van der Waals surface area contributed by atoms with Crippen molar-refractivity contribution < 1.29 is 19.6 Å². The molecule has 0 aliphatic heterocycles. The van der Waals surface area contributed by atoms with Crippen LogP contribution in [0.2, 0.25) is 0 Å². The number of rotatable bonds is 9. The van der Waals surface area contributed by atoms with Crippen LogP contribution in [0, 0.1) is 10.1 Å². The van der Waals surface area contributed by atoms with Gasteiger partial charge in [0.1, 0.15) is 5.75 Å². The first-order chi connectivity index (χ1) is 13.6. The van der Waals surface area contributed by atoms with Crippen molar-refractivity contribution in [3.8, 4) is 5.75 Å². The van der Waals surface area contributed by atoms with Gasteiger partial charge in [-0.05, 0) is 40.4 Å². The van der Waals surface area contributed by atoms with Gasteiger partial charge in [-0.1, -0.05) is 67.0 Å². The topological polar surface area (TPSA) is 89.7 Å². The number of hydrogen-bond donors (Lipinski definition) is 1. The lowest BCUT2D eigenvalue weighted by Gasteiger charge is -2.28. The first kappa shape index (κ1) is 25.9. The van der Waals surface area contributed by atoms with Crippen molar-refractivity contribution in [2.24, 2.45) is 0 Å². The highest BCUT2D eigenvalue weighted by atomic mass is 16.6. The number of ether oxygens (including phenoxy) is 1. The molecular formula is C24H39NO5. The molecule has 0 aliphatic rings. The Hall–Kier alpha value is -2.11. The molecule has 1 aromatic rings. The van der Waals surface area contributed by atoms with Gasteiger partial charge in [0, 0.05) is 24.7 Å². The fourth-order valence-corrected chi connectivity index (χ4v) is 3.31. The Morgan fingerprint density at radius 2 is 1.57 bits per heavy atom. The third-order valence-corrected chi connectivity index (χ3v) is 5.46. The lowest BCUT2D eigenvalue weighted by molar-refractivity contribution is -0.569. The van der Waals surface area contributed by atoms with Gasteiger partial charge in [0.05, 0.1) is 0 Å². The summed E-state index contributed by atoms with van der Waals surface area (Å²) in [4.78, 5) is 23.4. The van der Waals surface area contributed by atoms with Crippen molar-refractivity contribution in [1.29, 1.82) is 0 Å². The van der Waals surface area contributed by atoms with Gasteiger partial charge in [-0.15, -0.1) is 0 Å². The lowest BCUT2D eigenvalue weighted by Crippen LogP contribution is -2.40. The molecule has 30 heavy (non-hydrogen) atoms. The van der Waals surface area contributed by atoms with E-state index in [1.54, 1.807) is 0 Å². The van der Waals surface area contributed by atoms with Crippen LogP contribution in [-0.4, -0.2) is 28.1 Å². The summed E-state index contributed by atoms with van der Waals surface area (Å²) < 4.78 is 5.28. The average Bonchev–Trinajstić information content (AvgIpc) is 2.61. The fraction of sp³-hybridized carbons (Fsp3) is 0.708. The molecule has 1 aromatic carbocycles. The van der Waals surface area contributed by atoms with E-state index in [0.29, 0.717) is 25.0 Å². The maximum absolute atomic E-state index is 12.3. The van der Waals surface area contributed by atoms with E-state index in [1.807, 2.05) is 60.6 Å². The molecule has 0 aromatic heterocycles. The Morgan fingerprint density at radius 1 is 1.07 bits per heavy atom. The Labute approximate surface area is 181 Å². The SMILES string of the molecule is CCCCC(C)(COC(=O)CCc1cc(C(C)(C)C)c(O)c(C(C)(C)C)c1)[N+](=O)[O-]. The Balaban J connectivity index is 2.93. The summed E-state index contributed by atoms with van der Waals surface area (Å²) in [6, 6.07) is 3.89. The van der Waals surface area contributed by atoms with E-state index in [9.17, 15) is 20.0 Å². The minimum atomic E-state index is -1.25. The molecule has 0 radical (unpaired) electrons. The zero-order valence-electron chi connectivity index (χ0n) is 19.9. The number of esters is 1. The van der Waals surface area contributed by atoms with E-state index in [1.165, 1.54) is 6.92 Å². The van der Waals surface area contributed by atoms with Crippen molar-refractivity contribution >= 4 is 5.97 Å². The number of unbranched alkanes of at least 4 members (excludes halogenated alkanes) is 1. The van der Waals surface area contributed by atoms with Crippen LogP contribution >= 0.6 is 0 Å². The molecule has 0 heterocycles. The summed E-state index contributed by atoms with van der Waals surface area (Å²) >= 11 is 0. The van der Waals surface area contributed by atoms with Gasteiger partial charge in [-0.25, -0.2) is 0 Å². The van der Waals surface area contributed by atoms with Crippen LogP contribution in [0.25, 0.3) is 0 Å². The van der Waals surface area contributed by atoms with E-state index in [2.05, 4.69) is 0 Å². The van der Waals surface area contributed by atoms with Crippen molar-refractivity contribution in [3.63, 3.8) is 0 Å². The summed E-state index contributed by atoms with van der Waals surface area (Å²) in [5.74, 6) is -0.138. The maximum Gasteiger partial charge on any atom is 0.306 e. The number of phenols is 1. The van der Waals surface area contributed by atoms with Crippen molar-refractivity contribution in [3.05, 3.63) is 38.9 Å². The first-order valence-electron chi connectivity index (χ1n) is 10.8. The third kappa shape index (κ3) is 6.99. The highest BCUT2D eigenvalue weighted by Gasteiger charge is 2.38.